The second-order valence-corrected chi connectivity index (χ2v) is 7.20. The monoisotopic (exact) mass is 346 g/mol. The van der Waals surface area contributed by atoms with Gasteiger partial charge in [0.15, 0.2) is 0 Å². The molecular formula is C17H18N2O4S. The van der Waals surface area contributed by atoms with E-state index in [2.05, 4.69) is 5.32 Å². The first-order valence-corrected chi connectivity index (χ1v) is 8.68. The van der Waals surface area contributed by atoms with E-state index in [4.69, 9.17) is 0 Å². The van der Waals surface area contributed by atoms with E-state index in [1.165, 1.54) is 38.2 Å². The summed E-state index contributed by atoms with van der Waals surface area (Å²) >= 11 is 0. The Bertz CT molecular complexity index is 831. The lowest BCUT2D eigenvalue weighted by molar-refractivity contribution is -0.125. The van der Waals surface area contributed by atoms with Gasteiger partial charge in [0.1, 0.15) is 0 Å². The van der Waals surface area contributed by atoms with Crippen LogP contribution < -0.4 is 5.32 Å². The molecule has 24 heavy (non-hydrogen) atoms. The molecule has 0 fully saturated rings. The number of carbonyl (C=O) groups excluding carboxylic acids is 2. The highest BCUT2D eigenvalue weighted by atomic mass is 32.2. The van der Waals surface area contributed by atoms with Gasteiger partial charge in [0.2, 0.25) is 11.8 Å². The SMILES string of the molecule is CC(=O)Nc1ccc(S(=O)(=O)N(C)C(=O)Cc2ccccc2)cc1. The Hall–Kier alpha value is -2.67. The fraction of sp³-hybridized carbons (Fsp3) is 0.176. The van der Waals surface area contributed by atoms with Crippen molar-refractivity contribution in [3.63, 3.8) is 0 Å². The molecule has 0 aliphatic carbocycles. The van der Waals surface area contributed by atoms with E-state index < -0.39 is 15.9 Å². The molecule has 0 unspecified atom stereocenters. The number of nitrogens with zero attached hydrogens (tertiary/aromatic N) is 1. The lowest BCUT2D eigenvalue weighted by atomic mass is 10.1. The van der Waals surface area contributed by atoms with E-state index in [9.17, 15) is 18.0 Å². The van der Waals surface area contributed by atoms with Crippen molar-refractivity contribution in [3.05, 3.63) is 60.2 Å². The first-order valence-electron chi connectivity index (χ1n) is 7.24. The summed E-state index contributed by atoms with van der Waals surface area (Å²) in [7, 11) is -2.69. The van der Waals surface area contributed by atoms with Crippen molar-refractivity contribution in [2.75, 3.05) is 12.4 Å². The van der Waals surface area contributed by atoms with Crippen molar-refractivity contribution >= 4 is 27.5 Å². The number of nitrogens with one attached hydrogen (secondary N) is 1. The summed E-state index contributed by atoms with van der Waals surface area (Å²) in [6.45, 7) is 1.36. The number of amides is 2. The largest absolute Gasteiger partial charge is 0.326 e. The van der Waals surface area contributed by atoms with Crippen LogP contribution in [0.15, 0.2) is 59.5 Å². The summed E-state index contributed by atoms with van der Waals surface area (Å²) in [5.41, 5.74) is 1.23. The van der Waals surface area contributed by atoms with Crippen molar-refractivity contribution in [2.45, 2.75) is 18.2 Å². The van der Waals surface area contributed by atoms with Crippen molar-refractivity contribution < 1.29 is 18.0 Å². The van der Waals surface area contributed by atoms with Crippen LogP contribution in [0.3, 0.4) is 0 Å². The van der Waals surface area contributed by atoms with Crippen molar-refractivity contribution in [1.29, 1.82) is 0 Å². The minimum Gasteiger partial charge on any atom is -0.326 e. The Morgan fingerprint density at radius 3 is 2.12 bits per heavy atom. The Morgan fingerprint density at radius 2 is 1.58 bits per heavy atom. The lowest BCUT2D eigenvalue weighted by Gasteiger charge is -2.18. The van der Waals surface area contributed by atoms with E-state index in [0.717, 1.165) is 9.87 Å². The Morgan fingerprint density at radius 1 is 1.00 bits per heavy atom. The molecule has 0 aromatic heterocycles. The summed E-state index contributed by atoms with van der Waals surface area (Å²) in [5, 5.41) is 2.55. The summed E-state index contributed by atoms with van der Waals surface area (Å²) in [4.78, 5) is 23.2. The fourth-order valence-electron chi connectivity index (χ4n) is 2.09. The number of likely N-dealkylation sites (N-methyl/N-ethyl adjacent to an activating group) is 1. The first-order chi connectivity index (χ1) is 11.3. The van der Waals surface area contributed by atoms with E-state index in [0.29, 0.717) is 5.69 Å². The van der Waals surface area contributed by atoms with Gasteiger partial charge in [-0.3, -0.25) is 9.59 Å². The Balaban J connectivity index is 2.16. The molecule has 0 bridgehead atoms. The molecule has 1 N–H and O–H groups in total. The number of rotatable bonds is 5. The highest BCUT2D eigenvalue weighted by molar-refractivity contribution is 7.89. The zero-order valence-electron chi connectivity index (χ0n) is 13.4. The van der Waals surface area contributed by atoms with E-state index in [-0.39, 0.29) is 17.2 Å². The molecule has 0 aliphatic heterocycles. The highest BCUT2D eigenvalue weighted by Crippen LogP contribution is 2.18. The van der Waals surface area contributed by atoms with Gasteiger partial charge in [-0.2, -0.15) is 0 Å². The third-order valence-electron chi connectivity index (χ3n) is 3.38. The molecule has 0 aliphatic rings. The van der Waals surface area contributed by atoms with Gasteiger partial charge in [-0.15, -0.1) is 0 Å². The number of sulfonamides is 1. The predicted molar refractivity (Wildman–Crippen MR) is 90.8 cm³/mol. The normalized spacial score (nSPS) is 10.9. The molecule has 0 heterocycles. The molecule has 2 amide bonds. The lowest BCUT2D eigenvalue weighted by Crippen LogP contribution is -2.34. The third-order valence-corrected chi connectivity index (χ3v) is 5.18. The average molecular weight is 346 g/mol. The van der Waals surface area contributed by atoms with Crippen LogP contribution in [-0.4, -0.2) is 31.6 Å². The van der Waals surface area contributed by atoms with Gasteiger partial charge in [0, 0.05) is 19.7 Å². The van der Waals surface area contributed by atoms with Gasteiger partial charge in [-0.1, -0.05) is 30.3 Å². The van der Waals surface area contributed by atoms with Crippen LogP contribution in [0.2, 0.25) is 0 Å². The van der Waals surface area contributed by atoms with Crippen LogP contribution in [0.4, 0.5) is 5.69 Å². The van der Waals surface area contributed by atoms with E-state index in [1.54, 1.807) is 24.3 Å². The van der Waals surface area contributed by atoms with Gasteiger partial charge in [0.05, 0.1) is 11.3 Å². The molecule has 6 nitrogen and oxygen atoms in total. The van der Waals surface area contributed by atoms with Crippen molar-refractivity contribution in [3.8, 4) is 0 Å². The summed E-state index contributed by atoms with van der Waals surface area (Å²) in [6, 6.07) is 14.6. The standard InChI is InChI=1S/C17H18N2O4S/c1-13(20)18-15-8-10-16(11-9-15)24(22,23)19(2)17(21)12-14-6-4-3-5-7-14/h3-11H,12H2,1-2H3,(H,18,20). The zero-order chi connectivity index (χ0) is 17.7. The molecule has 0 saturated heterocycles. The van der Waals surface area contributed by atoms with Crippen LogP contribution in [0.1, 0.15) is 12.5 Å². The topological polar surface area (TPSA) is 83.6 Å². The number of benzene rings is 2. The molecule has 0 atom stereocenters. The van der Waals surface area contributed by atoms with Gasteiger partial charge < -0.3 is 5.32 Å². The van der Waals surface area contributed by atoms with Crippen LogP contribution in [0, 0.1) is 0 Å². The van der Waals surface area contributed by atoms with Crippen LogP contribution in [0.25, 0.3) is 0 Å². The third kappa shape index (κ3) is 4.20. The van der Waals surface area contributed by atoms with E-state index >= 15 is 0 Å². The molecule has 7 heteroatoms. The number of anilines is 1. The second kappa shape index (κ2) is 7.27. The van der Waals surface area contributed by atoms with Crippen molar-refractivity contribution in [1.82, 2.24) is 4.31 Å². The zero-order valence-corrected chi connectivity index (χ0v) is 14.2. The first kappa shape index (κ1) is 17.7. The quantitative estimate of drug-likeness (QED) is 0.898. The predicted octanol–water partition coefficient (Wildman–Crippen LogP) is 2.03. The van der Waals surface area contributed by atoms with Crippen molar-refractivity contribution in [2.24, 2.45) is 0 Å². The van der Waals surface area contributed by atoms with Gasteiger partial charge in [0.25, 0.3) is 10.0 Å². The molecule has 2 aromatic carbocycles. The molecule has 0 saturated carbocycles. The Labute approximate surface area is 141 Å². The maximum Gasteiger partial charge on any atom is 0.266 e. The smallest absolute Gasteiger partial charge is 0.266 e. The van der Waals surface area contributed by atoms with Gasteiger partial charge in [-0.25, -0.2) is 12.7 Å². The molecular weight excluding hydrogens is 328 g/mol. The molecule has 2 rings (SSSR count). The van der Waals surface area contributed by atoms with E-state index in [1.807, 2.05) is 6.07 Å². The van der Waals surface area contributed by atoms with Crippen LogP contribution in [0.5, 0.6) is 0 Å². The molecule has 0 radical (unpaired) electrons. The average Bonchev–Trinajstić information content (AvgIpc) is 2.55. The molecule has 2 aromatic rings. The van der Waals surface area contributed by atoms with Crippen LogP contribution >= 0.6 is 0 Å². The molecule has 0 spiro atoms. The maximum absolute atomic E-state index is 12.5. The van der Waals surface area contributed by atoms with Gasteiger partial charge >= 0.3 is 0 Å². The Kier molecular flexibility index (Phi) is 5.35. The number of hydrogen-bond acceptors (Lipinski definition) is 4. The summed E-state index contributed by atoms with van der Waals surface area (Å²) < 4.78 is 25.8. The van der Waals surface area contributed by atoms with Gasteiger partial charge in [-0.05, 0) is 29.8 Å². The summed E-state index contributed by atoms with van der Waals surface area (Å²) in [5.74, 6) is -0.770. The fourth-order valence-corrected chi connectivity index (χ4v) is 3.22. The summed E-state index contributed by atoms with van der Waals surface area (Å²) in [6.07, 6.45) is 0.000541. The van der Waals surface area contributed by atoms with Crippen LogP contribution in [-0.2, 0) is 26.0 Å². The molecule has 126 valence electrons. The maximum atomic E-state index is 12.5. The minimum absolute atomic E-state index is 0.000541. The number of carbonyl (C=O) groups is 2. The number of hydrogen-bond donors (Lipinski definition) is 1. The second-order valence-electron chi connectivity index (χ2n) is 5.23. The highest BCUT2D eigenvalue weighted by Gasteiger charge is 2.25. The minimum atomic E-state index is -3.93.